The summed E-state index contributed by atoms with van der Waals surface area (Å²) in [4.78, 5) is 25.3. The number of piperazine rings is 1. The molecule has 0 saturated carbocycles. The third kappa shape index (κ3) is 4.29. The SMILES string of the molecule is O=C(CN1CCN(c2ccccn2)CC1)Nc1cc(Cl)ccc1-n1cncn1. The number of aromatic nitrogens is 4. The minimum Gasteiger partial charge on any atom is -0.354 e. The van der Waals surface area contributed by atoms with Gasteiger partial charge in [-0.25, -0.2) is 14.6 Å². The number of hydrogen-bond donors (Lipinski definition) is 1. The fourth-order valence-corrected chi connectivity index (χ4v) is 3.38. The van der Waals surface area contributed by atoms with Gasteiger partial charge in [-0.05, 0) is 30.3 Å². The van der Waals surface area contributed by atoms with Crippen LogP contribution in [0.2, 0.25) is 5.02 Å². The van der Waals surface area contributed by atoms with E-state index in [4.69, 9.17) is 11.6 Å². The first-order valence-electron chi connectivity index (χ1n) is 9.02. The van der Waals surface area contributed by atoms with E-state index in [9.17, 15) is 4.79 Å². The summed E-state index contributed by atoms with van der Waals surface area (Å²) in [6, 6.07) is 11.2. The van der Waals surface area contributed by atoms with Gasteiger partial charge in [0.2, 0.25) is 5.91 Å². The molecular formula is C19H20ClN7O. The minimum absolute atomic E-state index is 0.0880. The van der Waals surface area contributed by atoms with E-state index in [1.165, 1.54) is 6.33 Å². The topological polar surface area (TPSA) is 79.2 Å². The Labute approximate surface area is 167 Å². The second-order valence-electron chi connectivity index (χ2n) is 6.50. The van der Waals surface area contributed by atoms with Crippen LogP contribution in [0.3, 0.4) is 0 Å². The van der Waals surface area contributed by atoms with E-state index >= 15 is 0 Å². The highest BCUT2D eigenvalue weighted by Crippen LogP contribution is 2.24. The molecule has 1 aliphatic heterocycles. The van der Waals surface area contributed by atoms with Crippen molar-refractivity contribution >= 4 is 29.0 Å². The Balaban J connectivity index is 1.36. The third-order valence-corrected chi connectivity index (χ3v) is 4.85. The van der Waals surface area contributed by atoms with Crippen molar-refractivity contribution < 1.29 is 4.79 Å². The van der Waals surface area contributed by atoms with Crippen molar-refractivity contribution in [2.45, 2.75) is 0 Å². The van der Waals surface area contributed by atoms with Gasteiger partial charge in [0.05, 0.1) is 17.9 Å². The van der Waals surface area contributed by atoms with Crippen LogP contribution in [0.15, 0.2) is 55.2 Å². The van der Waals surface area contributed by atoms with Gasteiger partial charge < -0.3 is 10.2 Å². The van der Waals surface area contributed by atoms with Crippen molar-refractivity contribution in [2.75, 3.05) is 42.9 Å². The maximum Gasteiger partial charge on any atom is 0.238 e. The maximum atomic E-state index is 12.6. The van der Waals surface area contributed by atoms with Crippen LogP contribution in [0.4, 0.5) is 11.5 Å². The Hall–Kier alpha value is -2.97. The lowest BCUT2D eigenvalue weighted by molar-refractivity contribution is -0.117. The van der Waals surface area contributed by atoms with Crippen LogP contribution in [0.25, 0.3) is 5.69 Å². The normalized spacial score (nSPS) is 14.8. The molecule has 1 N–H and O–H groups in total. The van der Waals surface area contributed by atoms with Gasteiger partial charge in [0.15, 0.2) is 0 Å². The van der Waals surface area contributed by atoms with Crippen molar-refractivity contribution in [3.63, 3.8) is 0 Å². The zero-order chi connectivity index (χ0) is 19.3. The summed E-state index contributed by atoms with van der Waals surface area (Å²) in [6.45, 7) is 3.60. The third-order valence-electron chi connectivity index (χ3n) is 4.61. The van der Waals surface area contributed by atoms with E-state index in [0.717, 1.165) is 37.7 Å². The first-order chi connectivity index (χ1) is 13.7. The number of amides is 1. The second kappa shape index (κ2) is 8.37. The van der Waals surface area contributed by atoms with E-state index in [0.29, 0.717) is 17.3 Å². The molecule has 1 fully saturated rings. The highest BCUT2D eigenvalue weighted by molar-refractivity contribution is 6.31. The zero-order valence-electron chi connectivity index (χ0n) is 15.2. The van der Waals surface area contributed by atoms with Gasteiger partial charge in [0.25, 0.3) is 0 Å². The smallest absolute Gasteiger partial charge is 0.238 e. The molecule has 3 heterocycles. The Kier molecular flexibility index (Phi) is 5.50. The number of carbonyl (C=O) groups excluding carboxylic acids is 1. The van der Waals surface area contributed by atoms with E-state index in [-0.39, 0.29) is 5.91 Å². The van der Waals surface area contributed by atoms with E-state index in [2.05, 4.69) is 30.2 Å². The summed E-state index contributed by atoms with van der Waals surface area (Å²) in [5, 5.41) is 7.62. The molecule has 2 aromatic heterocycles. The Morgan fingerprint density at radius 3 is 2.71 bits per heavy atom. The number of rotatable bonds is 5. The zero-order valence-corrected chi connectivity index (χ0v) is 16.0. The molecule has 8 nitrogen and oxygen atoms in total. The average Bonchev–Trinajstić information content (AvgIpc) is 3.24. The maximum absolute atomic E-state index is 12.6. The van der Waals surface area contributed by atoms with Crippen LogP contribution in [-0.4, -0.2) is 63.3 Å². The summed E-state index contributed by atoms with van der Waals surface area (Å²) >= 11 is 6.11. The molecule has 0 bridgehead atoms. The van der Waals surface area contributed by atoms with Gasteiger partial charge in [0, 0.05) is 37.4 Å². The summed E-state index contributed by atoms with van der Waals surface area (Å²) < 4.78 is 1.59. The fourth-order valence-electron chi connectivity index (χ4n) is 3.21. The number of pyridine rings is 1. The number of nitrogens with one attached hydrogen (secondary N) is 1. The van der Waals surface area contributed by atoms with E-state index in [1.54, 1.807) is 35.4 Å². The lowest BCUT2D eigenvalue weighted by Crippen LogP contribution is -2.48. The van der Waals surface area contributed by atoms with Crippen LogP contribution in [-0.2, 0) is 4.79 Å². The first kappa shape index (κ1) is 18.4. The van der Waals surface area contributed by atoms with Crippen molar-refractivity contribution in [1.29, 1.82) is 0 Å². The number of halogens is 1. The fraction of sp³-hybridized carbons (Fsp3) is 0.263. The van der Waals surface area contributed by atoms with Crippen LogP contribution < -0.4 is 10.2 Å². The molecule has 1 amide bonds. The van der Waals surface area contributed by atoms with Crippen LogP contribution in [0, 0.1) is 0 Å². The highest BCUT2D eigenvalue weighted by Gasteiger charge is 2.20. The first-order valence-corrected chi connectivity index (χ1v) is 9.39. The predicted octanol–water partition coefficient (Wildman–Crippen LogP) is 2.08. The van der Waals surface area contributed by atoms with Crippen LogP contribution >= 0.6 is 11.6 Å². The molecule has 3 aromatic rings. The quantitative estimate of drug-likeness (QED) is 0.710. The number of hydrogen-bond acceptors (Lipinski definition) is 6. The summed E-state index contributed by atoms with van der Waals surface area (Å²) in [5.74, 6) is 0.887. The molecule has 0 atom stereocenters. The van der Waals surface area contributed by atoms with Crippen molar-refractivity contribution in [2.24, 2.45) is 0 Å². The standard InChI is InChI=1S/C19H20ClN7O/c20-15-4-5-17(27-14-21-13-23-27)16(11-15)24-19(28)12-25-7-9-26(10-8-25)18-3-1-2-6-22-18/h1-6,11,13-14H,7-10,12H2,(H,24,28). The average molecular weight is 398 g/mol. The molecule has 9 heteroatoms. The van der Waals surface area contributed by atoms with Crippen LogP contribution in [0.5, 0.6) is 0 Å². The Bertz CT molecular complexity index is 925. The molecule has 1 saturated heterocycles. The molecule has 144 valence electrons. The highest BCUT2D eigenvalue weighted by atomic mass is 35.5. The molecule has 28 heavy (non-hydrogen) atoms. The van der Waals surface area contributed by atoms with Gasteiger partial charge >= 0.3 is 0 Å². The van der Waals surface area contributed by atoms with Crippen molar-refractivity contribution in [1.82, 2.24) is 24.6 Å². The number of nitrogens with zero attached hydrogens (tertiary/aromatic N) is 6. The Morgan fingerprint density at radius 2 is 2.00 bits per heavy atom. The molecule has 0 unspecified atom stereocenters. The minimum atomic E-state index is -0.0880. The lowest BCUT2D eigenvalue weighted by Gasteiger charge is -2.35. The van der Waals surface area contributed by atoms with Gasteiger partial charge in [-0.15, -0.1) is 0 Å². The second-order valence-corrected chi connectivity index (χ2v) is 6.94. The molecule has 0 radical (unpaired) electrons. The lowest BCUT2D eigenvalue weighted by atomic mass is 10.2. The molecule has 1 aliphatic rings. The molecular weight excluding hydrogens is 378 g/mol. The summed E-state index contributed by atoms with van der Waals surface area (Å²) in [6.07, 6.45) is 4.82. The van der Waals surface area contributed by atoms with Crippen LogP contribution in [0.1, 0.15) is 0 Å². The van der Waals surface area contributed by atoms with E-state index < -0.39 is 0 Å². The van der Waals surface area contributed by atoms with Crippen molar-refractivity contribution in [3.05, 3.63) is 60.3 Å². The van der Waals surface area contributed by atoms with Gasteiger partial charge in [0.1, 0.15) is 18.5 Å². The number of benzene rings is 1. The van der Waals surface area contributed by atoms with E-state index in [1.807, 2.05) is 18.2 Å². The van der Waals surface area contributed by atoms with Gasteiger partial charge in [-0.3, -0.25) is 9.69 Å². The van der Waals surface area contributed by atoms with Crippen molar-refractivity contribution in [3.8, 4) is 5.69 Å². The molecule has 0 aliphatic carbocycles. The Morgan fingerprint density at radius 1 is 1.14 bits per heavy atom. The predicted molar refractivity (Wildman–Crippen MR) is 108 cm³/mol. The molecule has 4 rings (SSSR count). The molecule has 1 aromatic carbocycles. The molecule has 0 spiro atoms. The summed E-state index contributed by atoms with van der Waals surface area (Å²) in [7, 11) is 0. The number of carbonyl (C=O) groups is 1. The van der Waals surface area contributed by atoms with Gasteiger partial charge in [-0.2, -0.15) is 5.10 Å². The largest absolute Gasteiger partial charge is 0.354 e. The monoisotopic (exact) mass is 397 g/mol. The van der Waals surface area contributed by atoms with Gasteiger partial charge in [-0.1, -0.05) is 17.7 Å². The summed E-state index contributed by atoms with van der Waals surface area (Å²) in [5.41, 5.74) is 1.32. The number of anilines is 2.